The second-order valence-corrected chi connectivity index (χ2v) is 10.8. The first-order chi connectivity index (χ1) is 14.1. The highest BCUT2D eigenvalue weighted by Gasteiger charge is 2.46. The number of likely N-dealkylation sites (N-methyl/N-ethyl adjacent to an activating group) is 1. The molecule has 6 N–H and O–H groups in total. The van der Waals surface area contributed by atoms with Crippen molar-refractivity contribution >= 4 is 21.5 Å². The second-order valence-electron chi connectivity index (χ2n) is 7.75. The largest absolute Gasteiger partial charge is 0.481 e. The molecular weight excluding hydrogens is 462 g/mol. The molecule has 1 aliphatic rings. The number of nitrogens with two attached hydrogens (primary N) is 1. The van der Waals surface area contributed by atoms with Crippen LogP contribution in [0.5, 0.6) is 0 Å². The van der Waals surface area contributed by atoms with Crippen LogP contribution in [0.15, 0.2) is 17.1 Å². The van der Waals surface area contributed by atoms with E-state index in [1.165, 1.54) is 12.3 Å². The number of phosphoric acid groups is 2. The molecule has 0 spiro atoms. The summed E-state index contributed by atoms with van der Waals surface area (Å²) in [7, 11) is -4.64. The normalized spacial score (nSPS) is 28.2. The topological polar surface area (TPSA) is 213 Å². The number of nitrogen functional groups attached to an aromatic ring is 1. The van der Waals surface area contributed by atoms with Gasteiger partial charge in [-0.05, 0) is 6.07 Å². The van der Waals surface area contributed by atoms with Crippen LogP contribution in [0.1, 0.15) is 6.23 Å². The molecule has 1 aliphatic heterocycles. The molecule has 0 saturated carbocycles. The van der Waals surface area contributed by atoms with E-state index in [0.29, 0.717) is 11.0 Å². The van der Waals surface area contributed by atoms with Gasteiger partial charge in [0.1, 0.15) is 37.3 Å². The fourth-order valence-corrected chi connectivity index (χ4v) is 4.56. The summed E-state index contributed by atoms with van der Waals surface area (Å²) in [4.78, 5) is 34.7. The van der Waals surface area contributed by atoms with Crippen molar-refractivity contribution in [2.24, 2.45) is 0 Å². The van der Waals surface area contributed by atoms with E-state index in [1.54, 1.807) is 21.1 Å². The third-order valence-electron chi connectivity index (χ3n) is 4.09. The van der Waals surface area contributed by atoms with E-state index in [2.05, 4.69) is 18.3 Å². The maximum atomic E-state index is 12.0. The van der Waals surface area contributed by atoms with Crippen LogP contribution >= 0.6 is 15.6 Å². The Hall–Kier alpha value is -1.22. The Bertz CT molecular complexity index is 920. The molecule has 15 nitrogen and oxygen atoms in total. The second kappa shape index (κ2) is 9.73. The molecule has 6 atom stereocenters. The van der Waals surface area contributed by atoms with Crippen LogP contribution in [0.4, 0.5) is 5.82 Å². The molecule has 0 amide bonds. The molecule has 0 bridgehead atoms. The summed E-state index contributed by atoms with van der Waals surface area (Å²) in [5, 5.41) is 20.2. The van der Waals surface area contributed by atoms with Crippen LogP contribution in [0.25, 0.3) is 0 Å². The summed E-state index contributed by atoms with van der Waals surface area (Å²) in [5.41, 5.74) is 4.53. The standard InChI is InChI=1S/C14H26N4O11P2/c1-18(2,3)6-7-26-30(22,23)29-31(24,25)27-8-9-11(19)12(20)13(28-9)17-5-4-10(15)16-14(17)21/h4-5,9,11-13,19-20H,6-8H2,1-3H3,(H3-,15,16,21,22,23,24,25)/p+1/t9-,11-,12+,13+/m0/s1. The Kier molecular flexibility index (Phi) is 8.17. The number of phosphoric ester groups is 2. The predicted molar refractivity (Wildman–Crippen MR) is 104 cm³/mol. The summed E-state index contributed by atoms with van der Waals surface area (Å²) in [6.45, 7) is -0.746. The number of ether oxygens (including phenoxy) is 1. The molecular formula is C14H27N4O11P2+. The number of aliphatic hydroxyl groups is 2. The van der Waals surface area contributed by atoms with Crippen molar-refractivity contribution in [2.45, 2.75) is 24.5 Å². The average Bonchev–Trinajstić information content (AvgIpc) is 2.86. The fourth-order valence-electron chi connectivity index (χ4n) is 2.49. The lowest BCUT2D eigenvalue weighted by Crippen LogP contribution is -2.37. The third-order valence-corrected chi connectivity index (χ3v) is 6.72. The third kappa shape index (κ3) is 7.70. The number of nitrogens with zero attached hydrogens (tertiary/aromatic N) is 3. The molecule has 2 rings (SSSR count). The molecule has 31 heavy (non-hydrogen) atoms. The van der Waals surface area contributed by atoms with Gasteiger partial charge in [0.25, 0.3) is 0 Å². The Balaban J connectivity index is 1.96. The minimum atomic E-state index is -5.11. The van der Waals surface area contributed by atoms with Gasteiger partial charge in [0, 0.05) is 6.20 Å². The Morgan fingerprint density at radius 3 is 2.39 bits per heavy atom. The predicted octanol–water partition coefficient (Wildman–Crippen LogP) is -1.60. The number of hydrogen-bond acceptors (Lipinski definition) is 11. The van der Waals surface area contributed by atoms with E-state index in [9.17, 15) is 33.9 Å². The number of aromatic nitrogens is 2. The lowest BCUT2D eigenvalue weighted by atomic mass is 10.1. The molecule has 1 fully saturated rings. The van der Waals surface area contributed by atoms with Crippen molar-refractivity contribution in [3.63, 3.8) is 0 Å². The highest BCUT2D eigenvalue weighted by atomic mass is 31.3. The molecule has 0 radical (unpaired) electrons. The molecule has 0 aliphatic carbocycles. The molecule has 2 heterocycles. The van der Waals surface area contributed by atoms with Gasteiger partial charge in [-0.3, -0.25) is 13.6 Å². The zero-order valence-electron chi connectivity index (χ0n) is 17.0. The van der Waals surface area contributed by atoms with Crippen molar-refractivity contribution in [2.75, 3.05) is 46.6 Å². The van der Waals surface area contributed by atoms with Gasteiger partial charge < -0.3 is 35.0 Å². The highest BCUT2D eigenvalue weighted by Crippen LogP contribution is 2.60. The first kappa shape index (κ1) is 26.0. The van der Waals surface area contributed by atoms with Crippen molar-refractivity contribution < 1.29 is 51.7 Å². The summed E-state index contributed by atoms with van der Waals surface area (Å²) in [5.74, 6) is -0.0652. The van der Waals surface area contributed by atoms with Crippen molar-refractivity contribution in [3.8, 4) is 0 Å². The quantitative estimate of drug-likeness (QED) is 0.185. The molecule has 1 aromatic rings. The first-order valence-electron chi connectivity index (χ1n) is 8.93. The minimum Gasteiger partial charge on any atom is -0.387 e. The SMILES string of the molecule is C[N+](C)(C)CCOP(=O)(O)OP(=O)(O)OC[C@@H]1O[C@@H](n2ccc(N)nc2=O)[C@H](O)[C@H]1O. The fraction of sp³-hybridized carbons (Fsp3) is 0.714. The van der Waals surface area contributed by atoms with Gasteiger partial charge >= 0.3 is 21.3 Å². The van der Waals surface area contributed by atoms with Crippen molar-refractivity contribution in [3.05, 3.63) is 22.7 Å². The molecule has 1 saturated heterocycles. The van der Waals surface area contributed by atoms with Crippen molar-refractivity contribution in [1.29, 1.82) is 0 Å². The maximum Gasteiger partial charge on any atom is 0.481 e. The van der Waals surface area contributed by atoms with E-state index in [1.807, 2.05) is 0 Å². The Morgan fingerprint density at radius 2 is 1.81 bits per heavy atom. The van der Waals surface area contributed by atoms with E-state index in [-0.39, 0.29) is 12.4 Å². The number of quaternary nitrogens is 1. The summed E-state index contributed by atoms with van der Waals surface area (Å²) in [6, 6.07) is 1.26. The number of rotatable bonds is 10. The van der Waals surface area contributed by atoms with E-state index < -0.39 is 52.5 Å². The molecule has 17 heteroatoms. The number of aliphatic hydroxyl groups excluding tert-OH is 2. The molecule has 0 aromatic carbocycles. The highest BCUT2D eigenvalue weighted by molar-refractivity contribution is 7.61. The zero-order chi connectivity index (χ0) is 23.6. The number of hydrogen-bond donors (Lipinski definition) is 5. The van der Waals surface area contributed by atoms with Gasteiger partial charge in [-0.2, -0.15) is 9.29 Å². The molecule has 2 unspecified atom stereocenters. The monoisotopic (exact) mass is 489 g/mol. The lowest BCUT2D eigenvalue weighted by Gasteiger charge is -2.24. The molecule has 1 aromatic heterocycles. The Labute approximate surface area is 177 Å². The van der Waals surface area contributed by atoms with Crippen LogP contribution < -0.4 is 11.4 Å². The van der Waals surface area contributed by atoms with Gasteiger partial charge in [0.2, 0.25) is 0 Å². The van der Waals surface area contributed by atoms with Crippen LogP contribution in [-0.4, -0.2) is 93.2 Å². The van der Waals surface area contributed by atoms with E-state index in [0.717, 1.165) is 4.57 Å². The van der Waals surface area contributed by atoms with Crippen molar-refractivity contribution in [1.82, 2.24) is 9.55 Å². The summed E-state index contributed by atoms with van der Waals surface area (Å²) < 4.78 is 43.9. The van der Waals surface area contributed by atoms with Gasteiger partial charge in [0.05, 0.1) is 27.7 Å². The average molecular weight is 489 g/mol. The Morgan fingerprint density at radius 1 is 1.19 bits per heavy atom. The smallest absolute Gasteiger partial charge is 0.387 e. The zero-order valence-corrected chi connectivity index (χ0v) is 18.8. The van der Waals surface area contributed by atoms with Crippen LogP contribution in [0.2, 0.25) is 0 Å². The lowest BCUT2D eigenvalue weighted by molar-refractivity contribution is -0.870. The van der Waals surface area contributed by atoms with Crippen LogP contribution in [0.3, 0.4) is 0 Å². The molecule has 178 valence electrons. The van der Waals surface area contributed by atoms with E-state index in [4.69, 9.17) is 10.5 Å². The maximum absolute atomic E-state index is 12.0. The van der Waals surface area contributed by atoms with Gasteiger partial charge in [-0.15, -0.1) is 0 Å². The van der Waals surface area contributed by atoms with Gasteiger partial charge in [-0.1, -0.05) is 0 Å². The van der Waals surface area contributed by atoms with Gasteiger partial charge in [0.15, 0.2) is 6.23 Å². The van der Waals surface area contributed by atoms with Crippen LogP contribution in [-0.2, 0) is 27.2 Å². The number of anilines is 1. The van der Waals surface area contributed by atoms with Crippen LogP contribution in [0, 0.1) is 0 Å². The van der Waals surface area contributed by atoms with Gasteiger partial charge in [-0.25, -0.2) is 13.9 Å². The first-order valence-corrected chi connectivity index (χ1v) is 11.9. The summed E-state index contributed by atoms with van der Waals surface area (Å²) >= 11 is 0. The summed E-state index contributed by atoms with van der Waals surface area (Å²) in [6.07, 6.45) is -4.82. The van der Waals surface area contributed by atoms with E-state index >= 15 is 0 Å². The minimum absolute atomic E-state index is 0.0652.